The minimum absolute atomic E-state index is 0.112. The maximum atomic E-state index is 12.6. The summed E-state index contributed by atoms with van der Waals surface area (Å²) in [6.45, 7) is 1.98. The van der Waals surface area contributed by atoms with Crippen molar-refractivity contribution in [1.29, 1.82) is 0 Å². The first-order valence-electron chi connectivity index (χ1n) is 10.6. The Hall–Kier alpha value is -3.72. The Kier molecular flexibility index (Phi) is 8.37. The summed E-state index contributed by atoms with van der Waals surface area (Å²) < 4.78 is 43.9. The second-order valence-corrected chi connectivity index (χ2v) is 9.16. The van der Waals surface area contributed by atoms with Crippen molar-refractivity contribution in [3.05, 3.63) is 77.9 Å². The van der Waals surface area contributed by atoms with Crippen molar-refractivity contribution in [2.75, 3.05) is 32.1 Å². The van der Waals surface area contributed by atoms with Gasteiger partial charge in [0.25, 0.3) is 15.9 Å². The number of hydrogen-bond acceptors (Lipinski definition) is 6. The van der Waals surface area contributed by atoms with E-state index >= 15 is 0 Å². The Labute approximate surface area is 199 Å². The normalized spacial score (nSPS) is 10.9. The molecule has 0 aliphatic heterocycles. The number of hydrogen-bond donors (Lipinski definition) is 2. The Morgan fingerprint density at radius 3 is 2.26 bits per heavy atom. The van der Waals surface area contributed by atoms with Crippen LogP contribution in [0.3, 0.4) is 0 Å². The van der Waals surface area contributed by atoms with Crippen LogP contribution in [0.1, 0.15) is 11.1 Å². The fraction of sp³-hybridized carbons (Fsp3) is 0.240. The molecule has 0 saturated heterocycles. The SMILES string of the molecule is COc1ccc(CCNC(=O)COc2ccc(S(=O)(=O)Nc3ccccc3)cc2C)cc1OC. The number of carbonyl (C=O) groups excluding carboxylic acids is 1. The van der Waals surface area contributed by atoms with Crippen molar-refractivity contribution in [2.24, 2.45) is 0 Å². The Morgan fingerprint density at radius 1 is 0.882 bits per heavy atom. The van der Waals surface area contributed by atoms with Crippen molar-refractivity contribution in [3.8, 4) is 17.2 Å². The minimum Gasteiger partial charge on any atom is -0.493 e. The van der Waals surface area contributed by atoms with Crippen LogP contribution in [0.25, 0.3) is 0 Å². The van der Waals surface area contributed by atoms with E-state index < -0.39 is 10.0 Å². The quantitative estimate of drug-likeness (QED) is 0.432. The molecule has 3 aromatic rings. The number of carbonyl (C=O) groups is 1. The molecule has 0 fully saturated rings. The number of sulfonamides is 1. The van der Waals surface area contributed by atoms with E-state index in [1.165, 1.54) is 12.1 Å². The lowest BCUT2D eigenvalue weighted by atomic mass is 10.1. The van der Waals surface area contributed by atoms with E-state index in [0.29, 0.717) is 41.5 Å². The molecular formula is C25H28N2O6S. The van der Waals surface area contributed by atoms with Gasteiger partial charge in [-0.3, -0.25) is 9.52 Å². The van der Waals surface area contributed by atoms with Gasteiger partial charge in [-0.05, 0) is 66.9 Å². The number of benzene rings is 3. The van der Waals surface area contributed by atoms with Crippen LogP contribution in [0.5, 0.6) is 17.2 Å². The molecule has 34 heavy (non-hydrogen) atoms. The average molecular weight is 485 g/mol. The molecule has 9 heteroatoms. The van der Waals surface area contributed by atoms with Crippen LogP contribution in [0.4, 0.5) is 5.69 Å². The first kappa shape index (κ1) is 24.9. The van der Waals surface area contributed by atoms with Gasteiger partial charge in [0.1, 0.15) is 5.75 Å². The van der Waals surface area contributed by atoms with Gasteiger partial charge < -0.3 is 19.5 Å². The first-order chi connectivity index (χ1) is 16.3. The highest BCUT2D eigenvalue weighted by Gasteiger charge is 2.16. The zero-order chi connectivity index (χ0) is 24.6. The minimum atomic E-state index is -3.73. The Morgan fingerprint density at radius 2 is 1.59 bits per heavy atom. The van der Waals surface area contributed by atoms with Crippen molar-refractivity contribution in [1.82, 2.24) is 5.32 Å². The number of amides is 1. The molecule has 0 aromatic heterocycles. The van der Waals surface area contributed by atoms with E-state index in [-0.39, 0.29) is 17.4 Å². The second-order valence-electron chi connectivity index (χ2n) is 7.48. The van der Waals surface area contributed by atoms with Gasteiger partial charge in [0, 0.05) is 12.2 Å². The number of rotatable bonds is 11. The van der Waals surface area contributed by atoms with Crippen LogP contribution in [0, 0.1) is 6.92 Å². The number of anilines is 1. The molecule has 0 atom stereocenters. The Bertz CT molecular complexity index is 1230. The van der Waals surface area contributed by atoms with E-state index in [9.17, 15) is 13.2 Å². The highest BCUT2D eigenvalue weighted by Crippen LogP contribution is 2.27. The van der Waals surface area contributed by atoms with Crippen molar-refractivity contribution in [3.63, 3.8) is 0 Å². The van der Waals surface area contributed by atoms with Gasteiger partial charge in [-0.1, -0.05) is 24.3 Å². The lowest BCUT2D eigenvalue weighted by molar-refractivity contribution is -0.123. The molecule has 3 rings (SSSR count). The molecule has 180 valence electrons. The van der Waals surface area contributed by atoms with Crippen molar-refractivity contribution in [2.45, 2.75) is 18.2 Å². The Balaban J connectivity index is 1.51. The van der Waals surface area contributed by atoms with Crippen molar-refractivity contribution >= 4 is 21.6 Å². The fourth-order valence-corrected chi connectivity index (χ4v) is 4.39. The molecule has 3 aromatic carbocycles. The third-order valence-electron chi connectivity index (χ3n) is 5.03. The van der Waals surface area contributed by atoms with E-state index in [4.69, 9.17) is 14.2 Å². The third-order valence-corrected chi connectivity index (χ3v) is 6.40. The number of methoxy groups -OCH3 is 2. The monoisotopic (exact) mass is 484 g/mol. The van der Waals surface area contributed by atoms with Crippen molar-refractivity contribution < 1.29 is 27.4 Å². The van der Waals surface area contributed by atoms with Crippen LogP contribution in [0.2, 0.25) is 0 Å². The molecule has 0 bridgehead atoms. The summed E-state index contributed by atoms with van der Waals surface area (Å²) in [5.41, 5.74) is 2.08. The van der Waals surface area contributed by atoms with Crippen LogP contribution in [-0.2, 0) is 21.2 Å². The first-order valence-corrected chi connectivity index (χ1v) is 12.1. The average Bonchev–Trinajstić information content (AvgIpc) is 2.83. The predicted molar refractivity (Wildman–Crippen MR) is 130 cm³/mol. The van der Waals surface area contributed by atoms with E-state index in [2.05, 4.69) is 10.0 Å². The summed E-state index contributed by atoms with van der Waals surface area (Å²) in [5, 5.41) is 2.81. The molecule has 1 amide bonds. The van der Waals surface area contributed by atoms with E-state index in [1.54, 1.807) is 57.5 Å². The van der Waals surface area contributed by atoms with Crippen LogP contribution in [-0.4, -0.2) is 41.7 Å². The predicted octanol–water partition coefficient (Wildman–Crippen LogP) is 3.55. The lowest BCUT2D eigenvalue weighted by Gasteiger charge is -2.13. The second kappa shape index (κ2) is 11.4. The summed E-state index contributed by atoms with van der Waals surface area (Å²) in [6, 6.07) is 18.8. The number of ether oxygens (including phenoxy) is 3. The molecule has 0 radical (unpaired) electrons. The van der Waals surface area contributed by atoms with E-state index in [0.717, 1.165) is 5.56 Å². The van der Waals surface area contributed by atoms with Gasteiger partial charge in [-0.2, -0.15) is 0 Å². The smallest absolute Gasteiger partial charge is 0.261 e. The third kappa shape index (κ3) is 6.64. The molecule has 0 aliphatic rings. The molecule has 0 unspecified atom stereocenters. The van der Waals surface area contributed by atoms with Crippen LogP contribution in [0.15, 0.2) is 71.6 Å². The topological polar surface area (TPSA) is 103 Å². The summed E-state index contributed by atoms with van der Waals surface area (Å²) in [6.07, 6.45) is 0.617. The van der Waals surface area contributed by atoms with Crippen LogP contribution >= 0.6 is 0 Å². The number of nitrogens with one attached hydrogen (secondary N) is 2. The number of para-hydroxylation sites is 1. The lowest BCUT2D eigenvalue weighted by Crippen LogP contribution is -2.30. The molecule has 0 saturated carbocycles. The highest BCUT2D eigenvalue weighted by molar-refractivity contribution is 7.92. The summed E-state index contributed by atoms with van der Waals surface area (Å²) >= 11 is 0. The number of aryl methyl sites for hydroxylation is 1. The van der Waals surface area contributed by atoms with Gasteiger partial charge in [-0.25, -0.2) is 8.42 Å². The highest BCUT2D eigenvalue weighted by atomic mass is 32.2. The molecular weight excluding hydrogens is 456 g/mol. The van der Waals surface area contributed by atoms with E-state index in [1.807, 2.05) is 18.2 Å². The van der Waals surface area contributed by atoms with Crippen LogP contribution < -0.4 is 24.2 Å². The fourth-order valence-electron chi connectivity index (χ4n) is 3.25. The van der Waals surface area contributed by atoms with Gasteiger partial charge in [-0.15, -0.1) is 0 Å². The molecule has 0 heterocycles. The zero-order valence-corrected chi connectivity index (χ0v) is 20.1. The molecule has 0 aliphatic carbocycles. The summed E-state index contributed by atoms with van der Waals surface area (Å²) in [5.74, 6) is 1.44. The summed E-state index contributed by atoms with van der Waals surface area (Å²) in [4.78, 5) is 12.3. The maximum absolute atomic E-state index is 12.6. The standard InChI is InChI=1S/C25H28N2O6S/c1-18-15-21(34(29,30)27-20-7-5-4-6-8-20)10-12-22(18)33-17-25(28)26-14-13-19-9-11-23(31-2)24(16-19)32-3/h4-12,15-16,27H,13-14,17H2,1-3H3,(H,26,28). The van der Waals surface area contributed by atoms with Gasteiger partial charge in [0.2, 0.25) is 0 Å². The van der Waals surface area contributed by atoms with Gasteiger partial charge >= 0.3 is 0 Å². The van der Waals surface area contributed by atoms with Gasteiger partial charge in [0.05, 0.1) is 19.1 Å². The van der Waals surface area contributed by atoms with Gasteiger partial charge in [0.15, 0.2) is 18.1 Å². The zero-order valence-electron chi connectivity index (χ0n) is 19.3. The largest absolute Gasteiger partial charge is 0.493 e. The maximum Gasteiger partial charge on any atom is 0.261 e. The molecule has 0 spiro atoms. The summed E-state index contributed by atoms with van der Waals surface area (Å²) in [7, 11) is -0.583. The molecule has 8 nitrogen and oxygen atoms in total. The molecule has 2 N–H and O–H groups in total.